The molecular formula is C3H8Cl3OZr. The molecule has 0 saturated carbocycles. The molecule has 0 aliphatic heterocycles. The molecule has 1 radical (unpaired) electrons. The fourth-order valence-corrected chi connectivity index (χ4v) is 0. The van der Waals surface area contributed by atoms with Crippen LogP contribution in [-0.4, -0.2) is 11.7 Å². The van der Waals surface area contributed by atoms with Crippen LogP contribution in [0.25, 0.3) is 0 Å². The first-order valence-corrected chi connectivity index (χ1v) is 1.32. The van der Waals surface area contributed by atoms with E-state index >= 15 is 0 Å². The largest absolute Gasteiger partial charge is 3.00 e. The van der Waals surface area contributed by atoms with Gasteiger partial charge in [0.15, 0.2) is 0 Å². The molecule has 0 spiro atoms. The van der Waals surface area contributed by atoms with Crippen molar-refractivity contribution < 1.29 is 69.9 Å². The third-order valence-electron chi connectivity index (χ3n) is 0.158. The van der Waals surface area contributed by atoms with Crippen molar-refractivity contribution in [1.82, 2.24) is 0 Å². The summed E-state index contributed by atoms with van der Waals surface area (Å²) in [5.74, 6) is 0. The van der Waals surface area contributed by atoms with Crippen molar-refractivity contribution in [3.05, 3.63) is 0 Å². The molecule has 5 heteroatoms. The molecule has 0 amide bonds. The van der Waals surface area contributed by atoms with Crippen molar-refractivity contribution in [2.45, 2.75) is 13.3 Å². The van der Waals surface area contributed by atoms with E-state index in [1.165, 1.54) is 0 Å². The Morgan fingerprint density at radius 2 is 1.75 bits per heavy atom. The molecule has 0 atom stereocenters. The van der Waals surface area contributed by atoms with Crippen LogP contribution >= 0.6 is 0 Å². The molecule has 1 N–H and O–H groups in total. The number of hydrogen-bond acceptors (Lipinski definition) is 1. The Bertz CT molecular complexity index is 26.5. The van der Waals surface area contributed by atoms with Gasteiger partial charge in [0, 0.05) is 7.98 Å². The van der Waals surface area contributed by atoms with E-state index in [9.17, 15) is 0 Å². The summed E-state index contributed by atoms with van der Waals surface area (Å²) in [4.78, 5) is 0. The Balaban J connectivity index is -0.0000000133. The molecule has 0 aliphatic carbocycles. The third kappa shape index (κ3) is 47.2. The molecule has 0 rings (SSSR count). The molecule has 8 heavy (non-hydrogen) atoms. The second-order valence-electron chi connectivity index (χ2n) is 0.577. The molecular weight excluding hydrogens is 250 g/mol. The van der Waals surface area contributed by atoms with Crippen molar-refractivity contribution in [3.63, 3.8) is 0 Å². The van der Waals surface area contributed by atoms with E-state index in [1.807, 2.05) is 0 Å². The van der Waals surface area contributed by atoms with Gasteiger partial charge >= 0.3 is 26.2 Å². The maximum Gasteiger partial charge on any atom is 3.00 e. The van der Waals surface area contributed by atoms with Gasteiger partial charge in [0.1, 0.15) is 0 Å². The zero-order valence-corrected chi connectivity index (χ0v) is 8.93. The van der Waals surface area contributed by atoms with Gasteiger partial charge in [-0.1, -0.05) is 6.90 Å². The summed E-state index contributed by atoms with van der Waals surface area (Å²) in [5.41, 5.74) is 0. The maximum absolute atomic E-state index is 7.95. The van der Waals surface area contributed by atoms with Gasteiger partial charge in [0.25, 0.3) is 0 Å². The Morgan fingerprint density at radius 3 is 1.75 bits per heavy atom. The number of aliphatic hydroxyl groups is 1. The van der Waals surface area contributed by atoms with Crippen molar-refractivity contribution >= 4 is 0 Å². The van der Waals surface area contributed by atoms with Crippen LogP contribution in [0.3, 0.4) is 0 Å². The molecule has 1 nitrogen and oxygen atoms in total. The zero-order chi connectivity index (χ0) is 4.12. The topological polar surface area (TPSA) is 20.2 Å². The number of halogens is 3. The second-order valence-corrected chi connectivity index (χ2v) is 0.577. The minimum absolute atomic E-state index is 0. The first-order chi connectivity index (χ1) is 2.41. The maximum atomic E-state index is 7.95. The van der Waals surface area contributed by atoms with Crippen LogP contribution < -0.4 is 37.2 Å². The Kier molecular flexibility index (Phi) is 106. The molecule has 0 saturated heterocycles. The molecule has 0 unspecified atom stereocenters. The predicted molar refractivity (Wildman–Crippen MR) is 17.4 cm³/mol. The Morgan fingerprint density at radius 1 is 1.38 bits per heavy atom. The second kappa shape index (κ2) is 37.6. The van der Waals surface area contributed by atoms with E-state index in [1.54, 1.807) is 0 Å². The molecule has 0 aromatic rings. The SMILES string of the molecule is [3H]CCCO.[Cl-].[Cl-].[Cl-].[Zr+3]. The number of aliphatic hydroxyl groups excluding tert-OH is 1. The van der Waals surface area contributed by atoms with Gasteiger partial charge in [0.2, 0.25) is 0 Å². The van der Waals surface area contributed by atoms with Crippen LogP contribution in [0, 0.1) is 0 Å². The van der Waals surface area contributed by atoms with Crippen molar-refractivity contribution in [2.24, 2.45) is 0 Å². The quantitative estimate of drug-likeness (QED) is 0.496. The normalized spacial score (nSPS) is 5.38. The van der Waals surface area contributed by atoms with Gasteiger partial charge in [-0.3, -0.25) is 0 Å². The summed E-state index contributed by atoms with van der Waals surface area (Å²) < 4.78 is 6.44. The van der Waals surface area contributed by atoms with Crippen LogP contribution in [-0.2, 0) is 26.2 Å². The number of hydrogen-bond donors (Lipinski definition) is 1. The molecule has 0 aromatic heterocycles. The average molecular weight is 260 g/mol. The summed E-state index contributed by atoms with van der Waals surface area (Å²) in [5, 5.41) is 7.95. The average Bonchev–Trinajstić information content (AvgIpc) is 1.41. The van der Waals surface area contributed by atoms with E-state index in [-0.39, 0.29) is 70.0 Å². The third-order valence-corrected chi connectivity index (χ3v) is 0.158. The summed E-state index contributed by atoms with van der Waals surface area (Å²) in [7, 11) is 0. The standard InChI is InChI=1S/C3H8O.3ClH.Zr/c1-2-3-4;;;;/h4H,2-3H2,1H3;3*1H;/q;;;;+3/p-3/i1T;;;;. The van der Waals surface area contributed by atoms with E-state index in [2.05, 4.69) is 0 Å². The van der Waals surface area contributed by atoms with Crippen molar-refractivity contribution in [3.8, 4) is 0 Å². The van der Waals surface area contributed by atoms with Crippen LogP contribution in [0.15, 0.2) is 0 Å². The van der Waals surface area contributed by atoms with E-state index in [0.29, 0.717) is 13.3 Å². The van der Waals surface area contributed by atoms with E-state index < -0.39 is 0 Å². The van der Waals surface area contributed by atoms with E-state index in [4.69, 9.17) is 6.48 Å². The Labute approximate surface area is 89.4 Å². The van der Waals surface area contributed by atoms with Crippen molar-refractivity contribution in [2.75, 3.05) is 6.61 Å². The molecule has 51 valence electrons. The van der Waals surface area contributed by atoms with E-state index in [0.717, 1.165) is 0 Å². The first kappa shape index (κ1) is 22.6. The minimum Gasteiger partial charge on any atom is -1.00 e. The van der Waals surface area contributed by atoms with Gasteiger partial charge in [-0.25, -0.2) is 0 Å². The van der Waals surface area contributed by atoms with Crippen LogP contribution in [0.5, 0.6) is 0 Å². The summed E-state index contributed by atoms with van der Waals surface area (Å²) in [6.45, 7) is 0.500. The van der Waals surface area contributed by atoms with Gasteiger partial charge in [-0.15, -0.1) is 0 Å². The van der Waals surface area contributed by atoms with Gasteiger partial charge in [-0.05, 0) is 6.42 Å². The van der Waals surface area contributed by atoms with Crippen LogP contribution in [0.1, 0.15) is 14.7 Å². The fourth-order valence-electron chi connectivity index (χ4n) is 0. The van der Waals surface area contributed by atoms with Gasteiger partial charge in [-0.2, -0.15) is 0 Å². The van der Waals surface area contributed by atoms with Crippen molar-refractivity contribution in [1.29, 1.82) is 0 Å². The summed E-state index contributed by atoms with van der Waals surface area (Å²) in [6, 6.07) is 0. The smallest absolute Gasteiger partial charge is 1.00 e. The minimum atomic E-state index is 0. The summed E-state index contributed by atoms with van der Waals surface area (Å²) in [6.07, 6.45) is 0.611. The van der Waals surface area contributed by atoms with Crippen LogP contribution in [0.4, 0.5) is 0 Å². The molecule has 0 aromatic carbocycles. The molecule has 0 heterocycles. The first-order valence-electron chi connectivity index (χ1n) is 2.02. The Hall–Kier alpha value is 1.71. The van der Waals surface area contributed by atoms with Gasteiger partial charge in [0.05, 0.1) is 0 Å². The fraction of sp³-hybridized carbons (Fsp3) is 1.00. The molecule has 0 bridgehead atoms. The monoisotopic (exact) mass is 257 g/mol. The van der Waals surface area contributed by atoms with Gasteiger partial charge < -0.3 is 42.3 Å². The number of rotatable bonds is 1. The molecule has 0 fully saturated rings. The predicted octanol–water partition coefficient (Wildman–Crippen LogP) is -8.60. The summed E-state index contributed by atoms with van der Waals surface area (Å²) >= 11 is 0. The molecule has 0 aliphatic rings. The van der Waals surface area contributed by atoms with Crippen LogP contribution in [0.2, 0.25) is 0 Å². The zero-order valence-electron chi connectivity index (χ0n) is 5.20.